The van der Waals surface area contributed by atoms with Crippen molar-refractivity contribution in [1.82, 2.24) is 19.9 Å². The van der Waals surface area contributed by atoms with Crippen LogP contribution in [0.3, 0.4) is 0 Å². The average Bonchev–Trinajstić information content (AvgIpc) is 2.18. The van der Waals surface area contributed by atoms with Gasteiger partial charge in [0.2, 0.25) is 0 Å². The SMILES string of the molecule is CCSc1nc2nccnc2c(=O)[nH]1. The van der Waals surface area contributed by atoms with Crippen LogP contribution >= 0.6 is 11.8 Å². The lowest BCUT2D eigenvalue weighted by atomic mass is 10.5. The monoisotopic (exact) mass is 208 g/mol. The summed E-state index contributed by atoms with van der Waals surface area (Å²) in [4.78, 5) is 26.1. The Bertz CT molecular complexity index is 510. The van der Waals surface area contributed by atoms with Crippen molar-refractivity contribution in [3.8, 4) is 0 Å². The number of fused-ring (bicyclic) bond motifs is 1. The van der Waals surface area contributed by atoms with E-state index in [0.717, 1.165) is 5.75 Å². The van der Waals surface area contributed by atoms with Gasteiger partial charge >= 0.3 is 0 Å². The Morgan fingerprint density at radius 1 is 1.43 bits per heavy atom. The van der Waals surface area contributed by atoms with E-state index < -0.39 is 0 Å². The number of hydrogen-bond donors (Lipinski definition) is 1. The molecule has 0 saturated carbocycles. The van der Waals surface area contributed by atoms with E-state index >= 15 is 0 Å². The molecule has 0 atom stereocenters. The highest BCUT2D eigenvalue weighted by atomic mass is 32.2. The van der Waals surface area contributed by atoms with Gasteiger partial charge in [-0.2, -0.15) is 0 Å². The quantitative estimate of drug-likeness (QED) is 0.584. The van der Waals surface area contributed by atoms with E-state index in [2.05, 4.69) is 19.9 Å². The second-order valence-electron chi connectivity index (χ2n) is 2.53. The minimum atomic E-state index is -0.237. The maximum atomic E-state index is 11.5. The second-order valence-corrected chi connectivity index (χ2v) is 3.79. The zero-order chi connectivity index (χ0) is 9.97. The van der Waals surface area contributed by atoms with Crippen molar-refractivity contribution in [3.05, 3.63) is 22.7 Å². The van der Waals surface area contributed by atoms with Crippen LogP contribution in [0, 0.1) is 0 Å². The van der Waals surface area contributed by atoms with Gasteiger partial charge in [0.05, 0.1) is 0 Å². The first-order chi connectivity index (χ1) is 6.81. The van der Waals surface area contributed by atoms with Crippen molar-refractivity contribution >= 4 is 22.9 Å². The van der Waals surface area contributed by atoms with Crippen molar-refractivity contribution in [2.45, 2.75) is 12.1 Å². The van der Waals surface area contributed by atoms with Crippen LogP contribution in [-0.2, 0) is 0 Å². The summed E-state index contributed by atoms with van der Waals surface area (Å²) in [5.41, 5.74) is 0.444. The fourth-order valence-corrected chi connectivity index (χ4v) is 1.65. The summed E-state index contributed by atoms with van der Waals surface area (Å²) < 4.78 is 0. The van der Waals surface area contributed by atoms with Gasteiger partial charge in [-0.15, -0.1) is 0 Å². The molecule has 5 nitrogen and oxygen atoms in total. The molecule has 2 aromatic heterocycles. The van der Waals surface area contributed by atoms with Crippen LogP contribution in [0.15, 0.2) is 22.3 Å². The van der Waals surface area contributed by atoms with Gasteiger partial charge in [0.1, 0.15) is 0 Å². The third-order valence-electron chi connectivity index (χ3n) is 1.60. The molecule has 0 radical (unpaired) electrons. The minimum Gasteiger partial charge on any atom is -0.299 e. The number of aromatic nitrogens is 4. The van der Waals surface area contributed by atoms with Crippen LogP contribution in [0.25, 0.3) is 11.2 Å². The van der Waals surface area contributed by atoms with E-state index in [-0.39, 0.29) is 11.1 Å². The number of H-pyrrole nitrogens is 1. The van der Waals surface area contributed by atoms with Gasteiger partial charge in [-0.25, -0.2) is 15.0 Å². The zero-order valence-electron chi connectivity index (χ0n) is 7.52. The number of thioether (sulfide) groups is 1. The molecule has 0 bridgehead atoms. The van der Waals surface area contributed by atoms with Crippen molar-refractivity contribution in [3.63, 3.8) is 0 Å². The van der Waals surface area contributed by atoms with Gasteiger partial charge in [0, 0.05) is 12.4 Å². The average molecular weight is 208 g/mol. The molecule has 0 fully saturated rings. The van der Waals surface area contributed by atoms with Gasteiger partial charge in [0.25, 0.3) is 5.56 Å². The van der Waals surface area contributed by atoms with Crippen molar-refractivity contribution < 1.29 is 0 Å². The summed E-state index contributed by atoms with van der Waals surface area (Å²) in [5, 5.41) is 0.588. The summed E-state index contributed by atoms with van der Waals surface area (Å²) in [5.74, 6) is 0.856. The fourth-order valence-electron chi connectivity index (χ4n) is 1.06. The van der Waals surface area contributed by atoms with Crippen LogP contribution in [0.5, 0.6) is 0 Å². The molecular weight excluding hydrogens is 200 g/mol. The van der Waals surface area contributed by atoms with E-state index in [4.69, 9.17) is 0 Å². The number of nitrogens with zero attached hydrogens (tertiary/aromatic N) is 3. The van der Waals surface area contributed by atoms with Crippen molar-refractivity contribution in [1.29, 1.82) is 0 Å². The molecule has 1 N–H and O–H groups in total. The highest BCUT2D eigenvalue weighted by Crippen LogP contribution is 2.11. The maximum Gasteiger partial charge on any atom is 0.279 e. The third kappa shape index (κ3) is 1.60. The highest BCUT2D eigenvalue weighted by molar-refractivity contribution is 7.99. The van der Waals surface area contributed by atoms with E-state index in [1.165, 1.54) is 24.2 Å². The van der Waals surface area contributed by atoms with Gasteiger partial charge in [-0.05, 0) is 5.75 Å². The van der Waals surface area contributed by atoms with E-state index in [1.807, 2.05) is 6.92 Å². The molecule has 2 aromatic rings. The molecular formula is C8H8N4OS. The van der Waals surface area contributed by atoms with Gasteiger partial charge in [-0.3, -0.25) is 9.78 Å². The first-order valence-corrected chi connectivity index (χ1v) is 5.13. The Labute approximate surface area is 84.0 Å². The lowest BCUT2D eigenvalue weighted by molar-refractivity contribution is 0.951. The van der Waals surface area contributed by atoms with Gasteiger partial charge in [0.15, 0.2) is 16.3 Å². The molecule has 72 valence electrons. The van der Waals surface area contributed by atoms with Crippen molar-refractivity contribution in [2.75, 3.05) is 5.75 Å². The van der Waals surface area contributed by atoms with Gasteiger partial charge in [-0.1, -0.05) is 18.7 Å². The van der Waals surface area contributed by atoms with Crippen molar-refractivity contribution in [2.24, 2.45) is 0 Å². The number of rotatable bonds is 2. The predicted molar refractivity (Wildman–Crippen MR) is 54.4 cm³/mol. The number of nitrogens with one attached hydrogen (secondary N) is 1. The van der Waals surface area contributed by atoms with E-state index in [0.29, 0.717) is 10.8 Å². The minimum absolute atomic E-state index is 0.237. The largest absolute Gasteiger partial charge is 0.299 e. The second kappa shape index (κ2) is 3.75. The highest BCUT2D eigenvalue weighted by Gasteiger charge is 2.04. The Morgan fingerprint density at radius 3 is 3.00 bits per heavy atom. The number of hydrogen-bond acceptors (Lipinski definition) is 5. The Balaban J connectivity index is 2.66. The lowest BCUT2D eigenvalue weighted by Gasteiger charge is -1.98. The molecule has 6 heteroatoms. The molecule has 2 heterocycles. The summed E-state index contributed by atoms with van der Waals surface area (Å²) in [6, 6.07) is 0. The molecule has 0 unspecified atom stereocenters. The first-order valence-electron chi connectivity index (χ1n) is 4.15. The molecule has 0 amide bonds. The third-order valence-corrected chi connectivity index (χ3v) is 2.36. The molecule has 2 rings (SSSR count). The van der Waals surface area contributed by atoms with E-state index in [1.54, 1.807) is 0 Å². The first kappa shape index (κ1) is 9.14. The zero-order valence-corrected chi connectivity index (χ0v) is 8.34. The smallest absolute Gasteiger partial charge is 0.279 e. The van der Waals surface area contributed by atoms with Crippen LogP contribution in [0.2, 0.25) is 0 Å². The Hall–Kier alpha value is -1.43. The van der Waals surface area contributed by atoms with Gasteiger partial charge < -0.3 is 0 Å². The lowest BCUT2D eigenvalue weighted by Crippen LogP contribution is -2.11. The summed E-state index contributed by atoms with van der Waals surface area (Å²) >= 11 is 1.47. The summed E-state index contributed by atoms with van der Waals surface area (Å²) in [7, 11) is 0. The number of aromatic amines is 1. The van der Waals surface area contributed by atoms with Crippen LogP contribution in [0.1, 0.15) is 6.92 Å². The standard InChI is InChI=1S/C8H8N4OS/c1-2-14-8-11-6-5(7(13)12-8)9-3-4-10-6/h3-4H,2H2,1H3,(H,10,11,12,13). The Morgan fingerprint density at radius 2 is 2.21 bits per heavy atom. The maximum absolute atomic E-state index is 11.5. The summed E-state index contributed by atoms with van der Waals surface area (Å²) in [6.07, 6.45) is 3.00. The van der Waals surface area contributed by atoms with E-state index in [9.17, 15) is 4.79 Å². The Kier molecular flexibility index (Phi) is 2.45. The normalized spacial score (nSPS) is 10.6. The molecule has 0 spiro atoms. The molecule has 0 aliphatic heterocycles. The topological polar surface area (TPSA) is 71.5 Å². The molecule has 0 aliphatic rings. The fraction of sp³-hybridized carbons (Fsp3) is 0.250. The molecule has 0 aromatic carbocycles. The molecule has 14 heavy (non-hydrogen) atoms. The molecule has 0 aliphatic carbocycles. The van der Waals surface area contributed by atoms with Crippen LogP contribution < -0.4 is 5.56 Å². The van der Waals surface area contributed by atoms with Crippen LogP contribution in [0.4, 0.5) is 0 Å². The predicted octanol–water partition coefficient (Wildman–Crippen LogP) is 0.825. The van der Waals surface area contributed by atoms with Crippen LogP contribution in [-0.4, -0.2) is 25.7 Å². The molecule has 0 saturated heterocycles. The summed E-state index contributed by atoms with van der Waals surface area (Å²) in [6.45, 7) is 1.99.